The summed E-state index contributed by atoms with van der Waals surface area (Å²) in [4.78, 5) is 38.5. The lowest BCUT2D eigenvalue weighted by atomic mass is 10.1. The van der Waals surface area contributed by atoms with E-state index >= 15 is 0 Å². The second-order valence-corrected chi connectivity index (χ2v) is 8.76. The Morgan fingerprint density at radius 3 is 2.69 bits per heavy atom. The number of nitrogens with one attached hydrogen (secondary N) is 2. The van der Waals surface area contributed by atoms with Crippen LogP contribution >= 0.6 is 0 Å². The molecule has 0 atom stereocenters. The van der Waals surface area contributed by atoms with E-state index in [4.69, 9.17) is 0 Å². The molecule has 1 aliphatic heterocycles. The topological polar surface area (TPSA) is 103 Å². The maximum atomic E-state index is 13.0. The van der Waals surface area contributed by atoms with E-state index in [9.17, 15) is 4.79 Å². The van der Waals surface area contributed by atoms with Gasteiger partial charge >= 0.3 is 0 Å². The summed E-state index contributed by atoms with van der Waals surface area (Å²) in [7, 11) is 2.11. The molecule has 0 aliphatic carbocycles. The molecule has 1 aliphatic rings. The molecule has 0 saturated carbocycles. The van der Waals surface area contributed by atoms with Crippen LogP contribution in [0.5, 0.6) is 0 Å². The Morgan fingerprint density at radius 2 is 1.80 bits per heavy atom. The summed E-state index contributed by atoms with van der Waals surface area (Å²) < 4.78 is 0. The van der Waals surface area contributed by atoms with E-state index in [0.717, 1.165) is 64.9 Å². The number of hydrogen-bond donors (Lipinski definition) is 2. The molecule has 0 unspecified atom stereocenters. The average molecular weight is 465 g/mol. The van der Waals surface area contributed by atoms with Crippen LogP contribution in [0.4, 0.5) is 11.6 Å². The van der Waals surface area contributed by atoms with E-state index in [-0.39, 0.29) is 5.91 Å². The predicted octanol–water partition coefficient (Wildman–Crippen LogP) is 3.57. The van der Waals surface area contributed by atoms with Crippen molar-refractivity contribution in [2.24, 2.45) is 0 Å². The van der Waals surface area contributed by atoms with E-state index in [1.165, 1.54) is 0 Å². The summed E-state index contributed by atoms with van der Waals surface area (Å²) in [5, 5.41) is 5.81. The molecule has 5 aromatic rings. The fourth-order valence-electron chi connectivity index (χ4n) is 4.39. The smallest absolute Gasteiger partial charge is 0.257 e. The first-order valence-corrected chi connectivity index (χ1v) is 11.5. The molecule has 1 fully saturated rings. The summed E-state index contributed by atoms with van der Waals surface area (Å²) in [6.45, 7) is 3.74. The van der Waals surface area contributed by atoms with Crippen LogP contribution in [-0.2, 0) is 0 Å². The normalized spacial score (nSPS) is 14.5. The molecule has 9 nitrogen and oxygen atoms in total. The van der Waals surface area contributed by atoms with Gasteiger partial charge in [0, 0.05) is 79.1 Å². The molecular weight excluding hydrogens is 440 g/mol. The molecular formula is C26H24N8O. The first-order chi connectivity index (χ1) is 17.1. The van der Waals surface area contributed by atoms with Crippen molar-refractivity contribution in [3.63, 3.8) is 0 Å². The van der Waals surface area contributed by atoms with Gasteiger partial charge in [-0.25, -0.2) is 9.97 Å². The van der Waals surface area contributed by atoms with Crippen LogP contribution < -0.4 is 10.2 Å². The van der Waals surface area contributed by atoms with E-state index in [1.54, 1.807) is 30.9 Å². The van der Waals surface area contributed by atoms with Gasteiger partial charge in [0.05, 0.1) is 17.4 Å². The van der Waals surface area contributed by atoms with E-state index in [1.807, 2.05) is 36.7 Å². The highest BCUT2D eigenvalue weighted by Crippen LogP contribution is 2.28. The number of rotatable bonds is 4. The van der Waals surface area contributed by atoms with Gasteiger partial charge in [-0.05, 0) is 42.8 Å². The summed E-state index contributed by atoms with van der Waals surface area (Å²) in [6.07, 6.45) is 10.7. The van der Waals surface area contributed by atoms with Crippen LogP contribution in [0.2, 0.25) is 0 Å². The molecule has 0 radical (unpaired) electrons. The Hall–Kier alpha value is -4.37. The highest BCUT2D eigenvalue weighted by Gasteiger charge is 2.17. The van der Waals surface area contributed by atoms with Crippen LogP contribution in [-0.4, -0.2) is 69.0 Å². The maximum Gasteiger partial charge on any atom is 0.257 e. The second kappa shape index (κ2) is 8.77. The lowest BCUT2D eigenvalue weighted by Crippen LogP contribution is -2.44. The Kier molecular flexibility index (Phi) is 5.31. The van der Waals surface area contributed by atoms with Crippen molar-refractivity contribution in [3.05, 3.63) is 73.1 Å². The number of anilines is 2. The van der Waals surface area contributed by atoms with Crippen LogP contribution in [0.25, 0.3) is 32.9 Å². The van der Waals surface area contributed by atoms with Gasteiger partial charge in [-0.2, -0.15) is 0 Å². The Balaban J connectivity index is 1.26. The second-order valence-electron chi connectivity index (χ2n) is 8.76. The SMILES string of the molecule is CN1CCN(c2cc(C(=O)Nc3cc4cc(-c5cncc6[nH]ccc56)ncc4cn3)ccn2)CC1. The van der Waals surface area contributed by atoms with Crippen molar-refractivity contribution < 1.29 is 4.79 Å². The molecule has 6 rings (SSSR count). The molecule has 174 valence electrons. The number of pyridine rings is 4. The third-order valence-electron chi connectivity index (χ3n) is 6.43. The number of nitrogens with zero attached hydrogens (tertiary/aromatic N) is 6. The Labute approximate surface area is 201 Å². The summed E-state index contributed by atoms with van der Waals surface area (Å²) in [5.74, 6) is 1.08. The third-order valence-corrected chi connectivity index (χ3v) is 6.43. The number of amides is 1. The summed E-state index contributed by atoms with van der Waals surface area (Å²) in [6, 6.07) is 9.44. The fourth-order valence-corrected chi connectivity index (χ4v) is 4.39. The van der Waals surface area contributed by atoms with Crippen LogP contribution in [0.15, 0.2) is 67.5 Å². The zero-order valence-corrected chi connectivity index (χ0v) is 19.3. The van der Waals surface area contributed by atoms with Gasteiger partial charge < -0.3 is 20.1 Å². The zero-order chi connectivity index (χ0) is 23.8. The monoisotopic (exact) mass is 464 g/mol. The molecule has 9 heteroatoms. The van der Waals surface area contributed by atoms with Gasteiger partial charge in [0.1, 0.15) is 11.6 Å². The number of piperazine rings is 1. The van der Waals surface area contributed by atoms with Gasteiger partial charge in [0.15, 0.2) is 0 Å². The van der Waals surface area contributed by atoms with Crippen molar-refractivity contribution in [3.8, 4) is 11.3 Å². The van der Waals surface area contributed by atoms with Gasteiger partial charge in [-0.1, -0.05) is 0 Å². The van der Waals surface area contributed by atoms with E-state index in [0.29, 0.717) is 11.4 Å². The minimum absolute atomic E-state index is 0.217. The number of hydrogen-bond acceptors (Lipinski definition) is 7. The van der Waals surface area contributed by atoms with Gasteiger partial charge in [-0.3, -0.25) is 14.8 Å². The highest BCUT2D eigenvalue weighted by atomic mass is 16.1. The fraction of sp³-hybridized carbons (Fsp3) is 0.192. The number of likely N-dealkylation sites (N-methyl/N-ethyl adjacent to an activating group) is 1. The van der Waals surface area contributed by atoms with Gasteiger partial charge in [-0.15, -0.1) is 0 Å². The minimum Gasteiger partial charge on any atom is -0.360 e. The molecule has 1 amide bonds. The number of aromatic nitrogens is 5. The van der Waals surface area contributed by atoms with Gasteiger partial charge in [0.25, 0.3) is 5.91 Å². The average Bonchev–Trinajstić information content (AvgIpc) is 3.38. The highest BCUT2D eigenvalue weighted by molar-refractivity contribution is 6.05. The number of aromatic amines is 1. The minimum atomic E-state index is -0.217. The van der Waals surface area contributed by atoms with E-state index < -0.39 is 0 Å². The van der Waals surface area contributed by atoms with Crippen LogP contribution in [0, 0.1) is 0 Å². The lowest BCUT2D eigenvalue weighted by Gasteiger charge is -2.33. The van der Waals surface area contributed by atoms with Gasteiger partial charge in [0.2, 0.25) is 0 Å². The molecule has 0 bridgehead atoms. The third kappa shape index (κ3) is 4.17. The zero-order valence-electron chi connectivity index (χ0n) is 19.3. The number of fused-ring (bicyclic) bond motifs is 2. The van der Waals surface area contributed by atoms with Crippen molar-refractivity contribution in [2.45, 2.75) is 0 Å². The lowest BCUT2D eigenvalue weighted by molar-refractivity contribution is 0.102. The number of carbonyl (C=O) groups is 1. The number of H-pyrrole nitrogens is 1. The van der Waals surface area contributed by atoms with Crippen molar-refractivity contribution >= 4 is 39.2 Å². The molecule has 0 aromatic carbocycles. The molecule has 2 N–H and O–H groups in total. The van der Waals surface area contributed by atoms with Crippen LogP contribution in [0.1, 0.15) is 10.4 Å². The van der Waals surface area contributed by atoms with Crippen LogP contribution in [0.3, 0.4) is 0 Å². The first-order valence-electron chi connectivity index (χ1n) is 11.5. The molecule has 0 spiro atoms. The van der Waals surface area contributed by atoms with E-state index in [2.05, 4.69) is 47.1 Å². The summed E-state index contributed by atoms with van der Waals surface area (Å²) >= 11 is 0. The summed E-state index contributed by atoms with van der Waals surface area (Å²) in [5.41, 5.74) is 3.27. The Bertz CT molecular complexity index is 1540. The molecule has 5 aromatic heterocycles. The van der Waals surface area contributed by atoms with Crippen molar-refractivity contribution in [1.82, 2.24) is 29.8 Å². The predicted molar refractivity (Wildman–Crippen MR) is 137 cm³/mol. The quantitative estimate of drug-likeness (QED) is 0.419. The maximum absolute atomic E-state index is 13.0. The molecule has 1 saturated heterocycles. The largest absolute Gasteiger partial charge is 0.360 e. The molecule has 6 heterocycles. The first kappa shape index (κ1) is 21.2. The van der Waals surface area contributed by atoms with Crippen molar-refractivity contribution in [1.29, 1.82) is 0 Å². The molecule has 35 heavy (non-hydrogen) atoms. The number of carbonyl (C=O) groups excluding carboxylic acids is 1. The van der Waals surface area contributed by atoms with Crippen molar-refractivity contribution in [2.75, 3.05) is 43.4 Å². The standard InChI is InChI=1S/C26H24N8O/c1-33-6-8-34(9-7-33)25-12-17(2-4-29-25)26(35)32-24-11-18-10-22(30-13-19(18)14-31-24)21-15-27-16-23-20(21)3-5-28-23/h2-5,10-16,28H,6-9H2,1H3,(H,31,32,35). The Morgan fingerprint density at radius 1 is 0.943 bits per heavy atom.